The molecule has 3 rings (SSSR count). The normalized spacial score (nSPS) is 14.8. The van der Waals surface area contributed by atoms with Gasteiger partial charge in [0.25, 0.3) is 11.8 Å². The Bertz CT molecular complexity index is 1570. The highest BCUT2D eigenvalue weighted by atomic mass is 33.1. The third-order valence-electron chi connectivity index (χ3n) is 7.92. The molecule has 0 spiro atoms. The summed E-state index contributed by atoms with van der Waals surface area (Å²) in [4.78, 5) is 70.6. The van der Waals surface area contributed by atoms with Crippen LogP contribution in [0.2, 0.25) is 0 Å². The molecule has 0 saturated heterocycles. The second-order valence-electron chi connectivity index (χ2n) is 11.4. The number of likely N-dealkylation sites (N-methyl/N-ethyl adjacent to an activating group) is 1. The number of imide groups is 1. The van der Waals surface area contributed by atoms with Gasteiger partial charge in [0, 0.05) is 35.3 Å². The maximum atomic E-state index is 14.4. The number of H-pyrrole nitrogens is 1. The lowest BCUT2D eigenvalue weighted by Crippen LogP contribution is -2.41. The molecule has 16 heteroatoms. The van der Waals surface area contributed by atoms with E-state index < -0.39 is 23.9 Å². The first-order valence-corrected chi connectivity index (χ1v) is 20.0. The molecule has 3 atom stereocenters. The number of carbonyl (C=O) groups excluding carboxylic acids is 5. The first-order chi connectivity index (χ1) is 23.4. The Kier molecular flexibility index (Phi) is 15.8. The highest BCUT2D eigenvalue weighted by Gasteiger charge is 2.38. The Morgan fingerprint density at radius 1 is 1.20 bits per heavy atom. The number of hydrogen-bond donors (Lipinski definition) is 4. The standard InChI is InChI=1S/C33H46FN6O6PS2/c1-7-39(8-2)14-13-36-30(42)29-20(4)26(37-21(29)5)16-24-23-15-22(34)9-10-27(23)40(31(24)43)33(45)46-17-19(3)49-48-18-28(41)38-25(11-12-35)32(44)47-6/h9-10,15-16,19,25,37,47H,7-8,11-14,17-18,35H2,1-6H3,(H,36,42)(H,38,41)/b24-16-/t19-,25-/m1/s1. The number of rotatable bonds is 18. The molecule has 1 aliphatic rings. The minimum absolute atomic E-state index is 0.0531. The van der Waals surface area contributed by atoms with Crippen molar-refractivity contribution in [3.8, 4) is 0 Å². The van der Waals surface area contributed by atoms with Gasteiger partial charge >= 0.3 is 6.09 Å². The van der Waals surface area contributed by atoms with Gasteiger partial charge in [0.05, 0.1) is 28.6 Å². The summed E-state index contributed by atoms with van der Waals surface area (Å²) >= 11 is 0. The van der Waals surface area contributed by atoms with E-state index in [4.69, 9.17) is 10.5 Å². The molecule has 12 nitrogen and oxygen atoms in total. The topological polar surface area (TPSA) is 167 Å². The Morgan fingerprint density at radius 3 is 2.57 bits per heavy atom. The van der Waals surface area contributed by atoms with Crippen LogP contribution in [-0.2, 0) is 19.1 Å². The molecule has 268 valence electrons. The zero-order valence-electron chi connectivity index (χ0n) is 28.7. The SMILES string of the molecule is CCN(CC)CCNC(=O)c1c(C)[nH]c(/C=C2\C(=O)N(C(=O)OC[C@@H](C)SSCC(=O)N[C@H](CCN)C(=O)PC)c3ccc(F)cc32)c1C. The zero-order valence-corrected chi connectivity index (χ0v) is 31.4. The maximum absolute atomic E-state index is 14.4. The van der Waals surface area contributed by atoms with Gasteiger partial charge in [-0.15, -0.1) is 0 Å². The Balaban J connectivity index is 1.67. The van der Waals surface area contributed by atoms with Gasteiger partial charge in [-0.2, -0.15) is 0 Å². The Morgan fingerprint density at radius 2 is 1.92 bits per heavy atom. The quantitative estimate of drug-likeness (QED) is 0.0985. The van der Waals surface area contributed by atoms with Gasteiger partial charge in [0.1, 0.15) is 12.4 Å². The number of aryl methyl sites for hydroxylation is 1. The molecule has 0 saturated carbocycles. The summed E-state index contributed by atoms with van der Waals surface area (Å²) < 4.78 is 19.9. The molecule has 0 aliphatic carbocycles. The van der Waals surface area contributed by atoms with Crippen molar-refractivity contribution in [1.29, 1.82) is 0 Å². The number of carbonyl (C=O) groups is 5. The predicted molar refractivity (Wildman–Crippen MR) is 198 cm³/mol. The molecule has 49 heavy (non-hydrogen) atoms. The monoisotopic (exact) mass is 736 g/mol. The van der Waals surface area contributed by atoms with Gasteiger partial charge in [-0.1, -0.05) is 44.0 Å². The molecule has 1 aromatic heterocycles. The van der Waals surface area contributed by atoms with Crippen molar-refractivity contribution in [3.63, 3.8) is 0 Å². The molecule has 1 aliphatic heterocycles. The molecule has 1 aromatic carbocycles. The summed E-state index contributed by atoms with van der Waals surface area (Å²) in [6.45, 7) is 14.4. The number of aromatic amines is 1. The van der Waals surface area contributed by atoms with Gasteiger partial charge in [0.2, 0.25) is 5.91 Å². The first kappa shape index (κ1) is 40.2. The van der Waals surface area contributed by atoms with Crippen LogP contribution in [0.25, 0.3) is 11.6 Å². The average molecular weight is 737 g/mol. The average Bonchev–Trinajstić information content (AvgIpc) is 3.51. The second kappa shape index (κ2) is 19.2. The lowest BCUT2D eigenvalue weighted by Gasteiger charge is -2.18. The fourth-order valence-corrected chi connectivity index (χ4v) is 7.84. The third-order valence-corrected chi connectivity index (χ3v) is 11.5. The van der Waals surface area contributed by atoms with Crippen LogP contribution in [0.4, 0.5) is 14.9 Å². The number of nitrogens with two attached hydrogens (primary N) is 1. The lowest BCUT2D eigenvalue weighted by molar-refractivity contribution is -0.122. The van der Waals surface area contributed by atoms with E-state index in [1.165, 1.54) is 39.8 Å². The largest absolute Gasteiger partial charge is 0.448 e. The van der Waals surface area contributed by atoms with Crippen molar-refractivity contribution in [2.75, 3.05) is 56.6 Å². The van der Waals surface area contributed by atoms with E-state index in [1.54, 1.807) is 27.4 Å². The van der Waals surface area contributed by atoms with Crippen LogP contribution in [-0.4, -0.2) is 102 Å². The Labute approximate surface area is 296 Å². The fourth-order valence-electron chi connectivity index (χ4n) is 5.27. The van der Waals surface area contributed by atoms with Crippen LogP contribution in [0.5, 0.6) is 0 Å². The molecular weight excluding hydrogens is 691 g/mol. The van der Waals surface area contributed by atoms with E-state index >= 15 is 0 Å². The summed E-state index contributed by atoms with van der Waals surface area (Å²) in [5.41, 5.74) is 8.15. The minimum Gasteiger partial charge on any atom is -0.448 e. The fraction of sp³-hybridized carbons (Fsp3) is 0.485. The Hall–Kier alpha value is -3.23. The number of halogens is 1. The summed E-state index contributed by atoms with van der Waals surface area (Å²) in [6, 6.07) is 3.09. The number of amides is 4. The summed E-state index contributed by atoms with van der Waals surface area (Å²) in [5.74, 6) is -1.73. The van der Waals surface area contributed by atoms with Gasteiger partial charge in [-0.05, 0) is 83.3 Å². The van der Waals surface area contributed by atoms with Crippen LogP contribution >= 0.6 is 30.2 Å². The van der Waals surface area contributed by atoms with E-state index in [0.717, 1.165) is 24.1 Å². The smallest absolute Gasteiger partial charge is 0.421 e. The van der Waals surface area contributed by atoms with Crippen molar-refractivity contribution < 1.29 is 33.1 Å². The van der Waals surface area contributed by atoms with Crippen LogP contribution in [0.15, 0.2) is 18.2 Å². The number of nitrogens with zero attached hydrogens (tertiary/aromatic N) is 2. The molecule has 4 amide bonds. The number of fused-ring (bicyclic) bond motifs is 1. The summed E-state index contributed by atoms with van der Waals surface area (Å²) in [7, 11) is 2.62. The molecule has 2 heterocycles. The molecule has 0 radical (unpaired) electrons. The molecule has 5 N–H and O–H groups in total. The van der Waals surface area contributed by atoms with Gasteiger partial charge < -0.3 is 31.0 Å². The van der Waals surface area contributed by atoms with E-state index in [0.29, 0.717) is 42.0 Å². The highest BCUT2D eigenvalue weighted by Crippen LogP contribution is 2.39. The summed E-state index contributed by atoms with van der Waals surface area (Å²) in [5, 5.41) is 5.42. The van der Waals surface area contributed by atoms with Crippen LogP contribution in [0, 0.1) is 19.7 Å². The predicted octanol–water partition coefficient (Wildman–Crippen LogP) is 4.30. The molecule has 0 fully saturated rings. The van der Waals surface area contributed by atoms with Crippen molar-refractivity contribution in [2.24, 2.45) is 5.73 Å². The van der Waals surface area contributed by atoms with Crippen molar-refractivity contribution in [3.05, 3.63) is 52.1 Å². The van der Waals surface area contributed by atoms with Gasteiger partial charge in [0.15, 0.2) is 5.52 Å². The van der Waals surface area contributed by atoms with Gasteiger partial charge in [-0.3, -0.25) is 19.2 Å². The zero-order chi connectivity index (χ0) is 36.2. The van der Waals surface area contributed by atoms with Crippen LogP contribution in [0.3, 0.4) is 0 Å². The van der Waals surface area contributed by atoms with Crippen molar-refractivity contribution in [1.82, 2.24) is 20.5 Å². The minimum atomic E-state index is -0.923. The van der Waals surface area contributed by atoms with Crippen LogP contribution < -0.4 is 21.3 Å². The number of ether oxygens (including phenoxy) is 1. The number of anilines is 1. The van der Waals surface area contributed by atoms with E-state index in [1.807, 2.05) is 0 Å². The number of benzene rings is 1. The van der Waals surface area contributed by atoms with E-state index in [2.05, 4.69) is 34.4 Å². The molecule has 1 unspecified atom stereocenters. The molecule has 2 aromatic rings. The lowest BCUT2D eigenvalue weighted by atomic mass is 10.0. The number of hydrogen-bond acceptors (Lipinski definition) is 10. The molecular formula is C33H46FN6O6PS2. The first-order valence-electron chi connectivity index (χ1n) is 16.1. The molecule has 0 bridgehead atoms. The number of nitrogens with one attached hydrogen (secondary N) is 3. The van der Waals surface area contributed by atoms with E-state index in [9.17, 15) is 28.4 Å². The number of aromatic nitrogens is 1. The third kappa shape index (κ3) is 10.6. The van der Waals surface area contributed by atoms with Crippen molar-refractivity contribution in [2.45, 2.75) is 52.3 Å². The van der Waals surface area contributed by atoms with Crippen molar-refractivity contribution >= 4 is 76.8 Å². The second-order valence-corrected chi connectivity index (χ2v) is 15.2. The van der Waals surface area contributed by atoms with Gasteiger partial charge in [-0.25, -0.2) is 14.1 Å². The summed E-state index contributed by atoms with van der Waals surface area (Å²) in [6.07, 6.45) is 0.972. The highest BCUT2D eigenvalue weighted by molar-refractivity contribution is 8.77. The van der Waals surface area contributed by atoms with E-state index in [-0.39, 0.29) is 66.9 Å². The van der Waals surface area contributed by atoms with Crippen LogP contribution in [0.1, 0.15) is 60.1 Å². The maximum Gasteiger partial charge on any atom is 0.421 e.